The summed E-state index contributed by atoms with van der Waals surface area (Å²) in [4.78, 5) is 27.3. The molecule has 154 valence electrons. The summed E-state index contributed by atoms with van der Waals surface area (Å²) in [5.41, 5.74) is 1.98. The number of carbonyl (C=O) groups excluding carboxylic acids is 2. The lowest BCUT2D eigenvalue weighted by Gasteiger charge is -2.29. The minimum atomic E-state index is -0.518. The van der Waals surface area contributed by atoms with Crippen LogP contribution in [0.3, 0.4) is 0 Å². The average molecular weight is 390 g/mol. The first-order chi connectivity index (χ1) is 13.1. The molecular formula is C22H32FN3O2. The number of nitrogens with one attached hydrogen (secondary N) is 2. The molecule has 2 aliphatic rings. The number of benzene rings is 1. The second-order valence-electron chi connectivity index (χ2n) is 9.48. The zero-order valence-corrected chi connectivity index (χ0v) is 17.3. The molecule has 0 radical (unpaired) electrons. The maximum absolute atomic E-state index is 13.4. The molecule has 0 spiro atoms. The molecule has 2 atom stereocenters. The molecule has 0 unspecified atom stereocenters. The van der Waals surface area contributed by atoms with E-state index in [9.17, 15) is 14.0 Å². The van der Waals surface area contributed by atoms with Crippen LogP contribution in [0.15, 0.2) is 18.2 Å². The van der Waals surface area contributed by atoms with Gasteiger partial charge >= 0.3 is 0 Å². The maximum Gasteiger partial charge on any atom is 0.242 e. The lowest BCUT2D eigenvalue weighted by molar-refractivity contribution is -0.130. The van der Waals surface area contributed by atoms with E-state index in [4.69, 9.17) is 0 Å². The highest BCUT2D eigenvalue weighted by Gasteiger charge is 2.34. The van der Waals surface area contributed by atoms with Crippen LogP contribution in [0.2, 0.25) is 0 Å². The van der Waals surface area contributed by atoms with Crippen LogP contribution in [-0.2, 0) is 16.0 Å². The first-order valence-corrected chi connectivity index (χ1v) is 10.3. The van der Waals surface area contributed by atoms with Crippen LogP contribution < -0.4 is 15.5 Å². The summed E-state index contributed by atoms with van der Waals surface area (Å²) < 4.78 is 13.4. The average Bonchev–Trinajstić information content (AvgIpc) is 3.36. The Morgan fingerprint density at radius 2 is 1.96 bits per heavy atom. The number of hydrogen-bond donors (Lipinski definition) is 2. The fourth-order valence-corrected chi connectivity index (χ4v) is 3.80. The Kier molecular flexibility index (Phi) is 5.96. The third-order valence-corrected chi connectivity index (χ3v) is 5.31. The molecule has 1 saturated carbocycles. The number of anilines is 1. The van der Waals surface area contributed by atoms with Crippen molar-refractivity contribution in [1.29, 1.82) is 0 Å². The van der Waals surface area contributed by atoms with E-state index in [0.717, 1.165) is 37.1 Å². The summed E-state index contributed by atoms with van der Waals surface area (Å²) in [6.07, 6.45) is 3.25. The summed E-state index contributed by atoms with van der Waals surface area (Å²) in [5, 5.41) is 6.02. The van der Waals surface area contributed by atoms with E-state index in [1.54, 1.807) is 6.07 Å². The molecular weight excluding hydrogens is 357 g/mol. The van der Waals surface area contributed by atoms with E-state index in [0.29, 0.717) is 13.0 Å². The molecule has 1 aromatic rings. The zero-order valence-electron chi connectivity index (χ0n) is 17.3. The highest BCUT2D eigenvalue weighted by Crippen LogP contribution is 2.30. The number of rotatable bonds is 7. The molecule has 2 amide bonds. The normalized spacial score (nSPS) is 18.4. The molecule has 1 aliphatic carbocycles. The molecule has 1 fully saturated rings. The van der Waals surface area contributed by atoms with E-state index in [1.165, 1.54) is 6.07 Å². The lowest BCUT2D eigenvalue weighted by Crippen LogP contribution is -2.52. The Balaban J connectivity index is 1.58. The van der Waals surface area contributed by atoms with Gasteiger partial charge in [0.05, 0.1) is 0 Å². The first kappa shape index (κ1) is 20.6. The molecule has 2 N–H and O–H groups in total. The zero-order chi connectivity index (χ0) is 20.5. The fourth-order valence-electron chi connectivity index (χ4n) is 3.80. The van der Waals surface area contributed by atoms with Gasteiger partial charge in [0.15, 0.2) is 0 Å². The number of carbonyl (C=O) groups is 2. The highest BCUT2D eigenvalue weighted by molar-refractivity contribution is 5.89. The van der Waals surface area contributed by atoms with Crippen molar-refractivity contribution >= 4 is 17.5 Å². The summed E-state index contributed by atoms with van der Waals surface area (Å²) in [6.45, 7) is 9.66. The van der Waals surface area contributed by atoms with Crippen LogP contribution >= 0.6 is 0 Å². The number of nitrogens with zero attached hydrogens (tertiary/aromatic N) is 1. The van der Waals surface area contributed by atoms with Crippen LogP contribution in [0.25, 0.3) is 0 Å². The topological polar surface area (TPSA) is 61.4 Å². The molecule has 5 nitrogen and oxygen atoms in total. The lowest BCUT2D eigenvalue weighted by atomic mass is 9.87. The van der Waals surface area contributed by atoms with Gasteiger partial charge in [0.2, 0.25) is 11.8 Å². The van der Waals surface area contributed by atoms with Crippen molar-refractivity contribution in [2.45, 2.75) is 65.5 Å². The second-order valence-corrected chi connectivity index (χ2v) is 9.48. The Morgan fingerprint density at radius 3 is 2.61 bits per heavy atom. The summed E-state index contributed by atoms with van der Waals surface area (Å²) in [6, 6.07) is 4.28. The van der Waals surface area contributed by atoms with Crippen molar-refractivity contribution in [3.05, 3.63) is 29.6 Å². The van der Waals surface area contributed by atoms with E-state index in [1.807, 2.05) is 13.0 Å². The van der Waals surface area contributed by atoms with Crippen LogP contribution in [0.4, 0.5) is 10.1 Å². The van der Waals surface area contributed by atoms with Gasteiger partial charge in [0.1, 0.15) is 11.9 Å². The van der Waals surface area contributed by atoms with E-state index in [2.05, 4.69) is 36.3 Å². The number of hydrogen-bond acceptors (Lipinski definition) is 3. The van der Waals surface area contributed by atoms with E-state index >= 15 is 0 Å². The number of halogens is 1. The smallest absolute Gasteiger partial charge is 0.242 e. The summed E-state index contributed by atoms with van der Waals surface area (Å²) >= 11 is 0. The minimum Gasteiger partial charge on any atom is -0.369 e. The molecule has 6 heteroatoms. The van der Waals surface area contributed by atoms with Crippen molar-refractivity contribution in [2.24, 2.45) is 11.3 Å². The fraction of sp³-hybridized carbons (Fsp3) is 0.636. The van der Waals surface area contributed by atoms with Gasteiger partial charge in [-0.05, 0) is 61.8 Å². The SMILES string of the molecule is C[C@@H](CN1CCc2cc(F)ccc21)NC(=O)[C@H](CC(C)(C)C)NC(=O)C1CC1. The van der Waals surface area contributed by atoms with Gasteiger partial charge in [-0.25, -0.2) is 4.39 Å². The van der Waals surface area contributed by atoms with Crippen LogP contribution in [0, 0.1) is 17.2 Å². The van der Waals surface area contributed by atoms with Crippen molar-refractivity contribution in [2.75, 3.05) is 18.0 Å². The quantitative estimate of drug-likeness (QED) is 0.754. The van der Waals surface area contributed by atoms with Gasteiger partial charge in [0.25, 0.3) is 0 Å². The predicted octanol–water partition coefficient (Wildman–Crippen LogP) is 3.02. The Morgan fingerprint density at radius 1 is 1.25 bits per heavy atom. The van der Waals surface area contributed by atoms with Crippen LogP contribution in [-0.4, -0.2) is 37.0 Å². The molecule has 3 rings (SSSR count). The molecule has 0 bridgehead atoms. The van der Waals surface area contributed by atoms with E-state index in [-0.39, 0.29) is 35.0 Å². The Bertz CT molecular complexity index is 740. The van der Waals surface area contributed by atoms with Crippen LogP contribution in [0.1, 0.15) is 52.5 Å². The van der Waals surface area contributed by atoms with Crippen molar-refractivity contribution in [3.8, 4) is 0 Å². The van der Waals surface area contributed by atoms with E-state index < -0.39 is 6.04 Å². The van der Waals surface area contributed by atoms with Gasteiger partial charge in [-0.15, -0.1) is 0 Å². The molecule has 1 aromatic carbocycles. The Labute approximate surface area is 167 Å². The first-order valence-electron chi connectivity index (χ1n) is 10.3. The van der Waals surface area contributed by atoms with Crippen molar-refractivity contribution in [3.63, 3.8) is 0 Å². The third kappa shape index (κ3) is 5.46. The van der Waals surface area contributed by atoms with Gasteiger partial charge < -0.3 is 15.5 Å². The van der Waals surface area contributed by atoms with Crippen LogP contribution in [0.5, 0.6) is 0 Å². The minimum absolute atomic E-state index is 0.00690. The largest absolute Gasteiger partial charge is 0.369 e. The predicted molar refractivity (Wildman–Crippen MR) is 109 cm³/mol. The number of fused-ring (bicyclic) bond motifs is 1. The van der Waals surface area contributed by atoms with Gasteiger partial charge in [-0.3, -0.25) is 9.59 Å². The Hall–Kier alpha value is -2.11. The summed E-state index contributed by atoms with van der Waals surface area (Å²) in [7, 11) is 0. The summed E-state index contributed by atoms with van der Waals surface area (Å²) in [5.74, 6) is -0.268. The highest BCUT2D eigenvalue weighted by atomic mass is 19.1. The number of amides is 2. The molecule has 1 heterocycles. The third-order valence-electron chi connectivity index (χ3n) is 5.31. The molecule has 28 heavy (non-hydrogen) atoms. The van der Waals surface area contributed by atoms with Gasteiger partial charge in [-0.1, -0.05) is 20.8 Å². The standard InChI is InChI=1S/C22H32FN3O2/c1-14(13-26-10-9-16-11-17(23)7-8-19(16)26)24-21(28)18(12-22(2,3)4)25-20(27)15-5-6-15/h7-8,11,14-15,18H,5-6,9-10,12-13H2,1-4H3,(H,24,28)(H,25,27)/t14-,18-/m0/s1. The monoisotopic (exact) mass is 389 g/mol. The molecule has 1 aliphatic heterocycles. The molecule has 0 aromatic heterocycles. The molecule has 0 saturated heterocycles. The van der Waals surface area contributed by atoms with Gasteiger partial charge in [-0.2, -0.15) is 0 Å². The van der Waals surface area contributed by atoms with Crippen molar-refractivity contribution in [1.82, 2.24) is 10.6 Å². The van der Waals surface area contributed by atoms with Crippen molar-refractivity contribution < 1.29 is 14.0 Å². The second kappa shape index (κ2) is 8.10. The maximum atomic E-state index is 13.4. The van der Waals surface area contributed by atoms with Gasteiger partial charge in [0, 0.05) is 30.7 Å².